The lowest BCUT2D eigenvalue weighted by Gasteiger charge is -2.25. The van der Waals surface area contributed by atoms with E-state index >= 15 is 0 Å². The molecule has 0 bridgehead atoms. The van der Waals surface area contributed by atoms with Gasteiger partial charge in [-0.1, -0.05) is 82.0 Å². The molecule has 8 nitrogen and oxygen atoms in total. The van der Waals surface area contributed by atoms with Crippen LogP contribution in [0.3, 0.4) is 0 Å². The molecule has 2 heterocycles. The monoisotopic (exact) mass is 704 g/mol. The number of likely N-dealkylation sites (tertiary alicyclic amines) is 1. The number of aliphatic carboxylic acids is 1. The van der Waals surface area contributed by atoms with Gasteiger partial charge in [-0.15, -0.1) is 0 Å². The summed E-state index contributed by atoms with van der Waals surface area (Å²) in [6, 6.07) is 22.6. The summed E-state index contributed by atoms with van der Waals surface area (Å²) in [5.41, 5.74) is 6.07. The number of quaternary nitrogens is 1. The number of unbranched alkanes of at least 4 members (excludes halogenated alkanes) is 3. The van der Waals surface area contributed by atoms with Crippen molar-refractivity contribution in [1.82, 2.24) is 4.90 Å². The third-order valence-electron chi connectivity index (χ3n) is 9.19. The molecule has 3 atom stereocenters. The molecule has 0 aliphatic carbocycles. The van der Waals surface area contributed by atoms with E-state index in [2.05, 4.69) is 89.1 Å². The number of rotatable bonds is 13. The molecule has 0 amide bonds. The van der Waals surface area contributed by atoms with Crippen LogP contribution in [0.4, 0.5) is 5.69 Å². The number of carbonyl (C=O) groups excluding carboxylic acids is 1. The number of benzene rings is 3. The molecule has 0 spiro atoms. The third-order valence-corrected chi connectivity index (χ3v) is 9.19. The molecule has 0 radical (unpaired) electrons. The molecule has 1 fully saturated rings. The summed E-state index contributed by atoms with van der Waals surface area (Å²) in [7, 11) is 10.1. The number of nitrogens with one attached hydrogen (secondary N) is 1. The number of anilines is 1. The fourth-order valence-corrected chi connectivity index (χ4v) is 6.53. The van der Waals surface area contributed by atoms with E-state index in [1.807, 2.05) is 43.3 Å². The first-order valence-corrected chi connectivity index (χ1v) is 18.8. The topological polar surface area (TPSA) is 83.8 Å². The van der Waals surface area contributed by atoms with Crippen molar-refractivity contribution in [2.45, 2.75) is 84.6 Å². The van der Waals surface area contributed by atoms with Gasteiger partial charge in [0.15, 0.2) is 0 Å². The van der Waals surface area contributed by atoms with Gasteiger partial charge in [-0.05, 0) is 73.2 Å². The van der Waals surface area contributed by atoms with Crippen molar-refractivity contribution in [2.24, 2.45) is 5.92 Å². The van der Waals surface area contributed by atoms with Gasteiger partial charge in [0.25, 0.3) is 0 Å². The summed E-state index contributed by atoms with van der Waals surface area (Å²) in [5.74, 6) is 0.583. The Morgan fingerprint density at radius 3 is 2.29 bits per heavy atom. The van der Waals surface area contributed by atoms with Gasteiger partial charge in [0.1, 0.15) is 17.8 Å². The lowest BCUT2D eigenvalue weighted by atomic mass is 9.83. The second-order valence-electron chi connectivity index (χ2n) is 14.2. The predicted molar refractivity (Wildman–Crippen MR) is 211 cm³/mol. The smallest absolute Gasteiger partial charge is 0.308 e. The number of carboxylic acids is 1. The van der Waals surface area contributed by atoms with E-state index in [1.165, 1.54) is 34.6 Å². The number of ether oxygens (including phenoxy) is 2. The summed E-state index contributed by atoms with van der Waals surface area (Å²) in [6.07, 6.45) is 8.34. The summed E-state index contributed by atoms with van der Waals surface area (Å²) in [6.45, 7) is 11.3. The third kappa shape index (κ3) is 14.7. The first kappa shape index (κ1) is 43.3. The molecular formula is C43H66N3O5+. The van der Waals surface area contributed by atoms with E-state index in [1.54, 1.807) is 7.11 Å². The SMILES string of the molecule is CCCCCC1[C@H](C(=O)O)C(c2ccc3c(c2)CCO3)CN1CC=O.CCCCN(C)c1cccc(C)c1.COc1ccccc1C.C[NH+](C)C. The van der Waals surface area contributed by atoms with E-state index in [0.29, 0.717) is 19.7 Å². The zero-order chi connectivity index (χ0) is 37.8. The first-order valence-electron chi connectivity index (χ1n) is 18.8. The van der Waals surface area contributed by atoms with Crippen LogP contribution in [0, 0.1) is 19.8 Å². The number of hydrogen-bond acceptors (Lipinski definition) is 6. The predicted octanol–water partition coefficient (Wildman–Crippen LogP) is 6.86. The number of para-hydroxylation sites is 1. The van der Waals surface area contributed by atoms with Crippen LogP contribution in [-0.2, 0) is 16.0 Å². The highest BCUT2D eigenvalue weighted by atomic mass is 16.5. The number of aldehydes is 1. The summed E-state index contributed by atoms with van der Waals surface area (Å²) in [4.78, 5) is 29.0. The van der Waals surface area contributed by atoms with Crippen LogP contribution in [0.15, 0.2) is 66.7 Å². The van der Waals surface area contributed by atoms with E-state index in [9.17, 15) is 14.7 Å². The lowest BCUT2D eigenvalue weighted by molar-refractivity contribution is -0.836. The minimum atomic E-state index is -0.753. The molecule has 0 saturated carbocycles. The second kappa shape index (κ2) is 23.6. The Morgan fingerprint density at radius 1 is 1.00 bits per heavy atom. The van der Waals surface area contributed by atoms with E-state index < -0.39 is 11.9 Å². The van der Waals surface area contributed by atoms with Crippen molar-refractivity contribution in [1.29, 1.82) is 0 Å². The molecule has 51 heavy (non-hydrogen) atoms. The molecule has 2 aliphatic heterocycles. The molecule has 282 valence electrons. The van der Waals surface area contributed by atoms with Gasteiger partial charge in [-0.2, -0.15) is 0 Å². The van der Waals surface area contributed by atoms with Crippen LogP contribution < -0.4 is 19.3 Å². The molecule has 3 aromatic rings. The minimum Gasteiger partial charge on any atom is -0.496 e. The van der Waals surface area contributed by atoms with E-state index in [4.69, 9.17) is 9.47 Å². The van der Waals surface area contributed by atoms with Crippen LogP contribution in [0.25, 0.3) is 0 Å². The maximum Gasteiger partial charge on any atom is 0.308 e. The number of nitrogens with zero attached hydrogens (tertiary/aromatic N) is 2. The number of fused-ring (bicyclic) bond motifs is 1. The molecule has 8 heteroatoms. The average Bonchev–Trinajstić information content (AvgIpc) is 3.72. The van der Waals surface area contributed by atoms with Crippen molar-refractivity contribution in [3.63, 3.8) is 0 Å². The van der Waals surface area contributed by atoms with Gasteiger partial charge in [0.05, 0.1) is 47.3 Å². The fourth-order valence-electron chi connectivity index (χ4n) is 6.53. The molecule has 2 N–H and O–H groups in total. The Hall–Kier alpha value is -3.88. The number of carbonyl (C=O) groups is 2. The van der Waals surface area contributed by atoms with Crippen LogP contribution in [0.2, 0.25) is 0 Å². The van der Waals surface area contributed by atoms with Gasteiger partial charge in [0.2, 0.25) is 0 Å². The highest BCUT2D eigenvalue weighted by Gasteiger charge is 2.46. The van der Waals surface area contributed by atoms with Gasteiger partial charge >= 0.3 is 5.97 Å². The van der Waals surface area contributed by atoms with E-state index in [0.717, 1.165) is 67.6 Å². The fraction of sp³-hybridized carbons (Fsp3) is 0.535. The Bertz CT molecular complexity index is 1440. The molecule has 2 aliphatic rings. The standard InChI is InChI=1S/C20H27NO4.C12H19N.C8H10O.C3H9N/c1-2-3-4-5-17-19(20(23)24)16(13-21(17)9-10-22)14-6-7-18-15(12-14)8-11-25-18;1-4-5-9-13(3)12-8-6-7-11(2)10-12;1-7-5-3-4-6-8(7)9-2;1-4(2)3/h6-7,10,12,16-17,19H,2-5,8-9,11,13H2,1H3,(H,23,24);6-8,10H,4-5,9H2,1-3H3;3-6H,1-2H3;1-3H3/p+1/t16?,17?,19-;;;/m1.../s1. The number of methoxy groups -OCH3 is 1. The molecular weight excluding hydrogens is 638 g/mol. The van der Waals surface area contributed by atoms with Crippen molar-refractivity contribution in [3.8, 4) is 11.5 Å². The van der Waals surface area contributed by atoms with Crippen LogP contribution in [-0.4, -0.2) is 89.8 Å². The molecule has 2 unspecified atom stereocenters. The number of aryl methyl sites for hydroxylation is 2. The quantitative estimate of drug-likeness (QED) is 0.149. The average molecular weight is 705 g/mol. The number of carboxylic acid groups (broad SMARTS) is 1. The highest BCUT2D eigenvalue weighted by Crippen LogP contribution is 2.41. The van der Waals surface area contributed by atoms with Crippen molar-refractivity contribution in [3.05, 3.63) is 89.0 Å². The first-order chi connectivity index (χ1) is 24.5. The Morgan fingerprint density at radius 2 is 1.71 bits per heavy atom. The normalized spacial score (nSPS) is 17.4. The molecule has 5 rings (SSSR count). The largest absolute Gasteiger partial charge is 0.496 e. The van der Waals surface area contributed by atoms with Crippen LogP contribution in [0.1, 0.15) is 80.5 Å². The van der Waals surface area contributed by atoms with Crippen molar-refractivity contribution >= 4 is 17.9 Å². The van der Waals surface area contributed by atoms with Crippen LogP contribution >= 0.6 is 0 Å². The summed E-state index contributed by atoms with van der Waals surface area (Å²) < 4.78 is 10.6. The Balaban J connectivity index is 0.000000288. The Labute approximate surface area is 308 Å². The van der Waals surface area contributed by atoms with Crippen molar-refractivity contribution < 1.29 is 29.1 Å². The van der Waals surface area contributed by atoms with Gasteiger partial charge in [0, 0.05) is 44.2 Å². The summed E-state index contributed by atoms with van der Waals surface area (Å²) >= 11 is 0. The number of hydrogen-bond donors (Lipinski definition) is 2. The second-order valence-corrected chi connectivity index (χ2v) is 14.2. The Kier molecular flexibility index (Phi) is 20.0. The van der Waals surface area contributed by atoms with Gasteiger partial charge < -0.3 is 29.2 Å². The maximum absolute atomic E-state index is 12.1. The van der Waals surface area contributed by atoms with Gasteiger partial charge in [-0.25, -0.2) is 0 Å². The van der Waals surface area contributed by atoms with Gasteiger partial charge in [-0.3, -0.25) is 9.69 Å². The molecule has 0 aromatic heterocycles. The lowest BCUT2D eigenvalue weighted by Crippen LogP contribution is -3.02. The minimum absolute atomic E-state index is 0.0660. The molecule has 3 aromatic carbocycles. The van der Waals surface area contributed by atoms with Crippen molar-refractivity contribution in [2.75, 3.05) is 66.4 Å². The molecule has 1 saturated heterocycles. The highest BCUT2D eigenvalue weighted by molar-refractivity contribution is 5.73. The zero-order valence-corrected chi connectivity index (χ0v) is 32.9. The van der Waals surface area contributed by atoms with Crippen LogP contribution in [0.5, 0.6) is 11.5 Å². The van der Waals surface area contributed by atoms with E-state index in [-0.39, 0.29) is 12.0 Å². The zero-order valence-electron chi connectivity index (χ0n) is 32.9. The maximum atomic E-state index is 12.1. The summed E-state index contributed by atoms with van der Waals surface area (Å²) in [5, 5.41) is 9.91.